The molecule has 0 saturated carbocycles. The molecule has 6 nitrogen and oxygen atoms in total. The molecule has 2 aromatic heterocycles. The lowest BCUT2D eigenvalue weighted by Crippen LogP contribution is -2.14. The fourth-order valence-electron chi connectivity index (χ4n) is 1.95. The fraction of sp³-hybridized carbons (Fsp3) is 0.143. The molecule has 0 atom stereocenters. The van der Waals surface area contributed by atoms with Crippen LogP contribution in [-0.4, -0.2) is 25.5 Å². The fourth-order valence-corrected chi connectivity index (χ4v) is 2.60. The molecule has 0 aliphatic carbocycles. The van der Waals surface area contributed by atoms with Gasteiger partial charge < -0.3 is 5.32 Å². The number of benzene rings is 1. The van der Waals surface area contributed by atoms with E-state index in [0.717, 1.165) is 20.5 Å². The maximum Gasteiger partial charge on any atom is 0.295 e. The first-order chi connectivity index (χ1) is 10.0. The number of nitrogens with zero attached hydrogens (tertiary/aromatic N) is 4. The quantitative estimate of drug-likeness (QED) is 0.680. The second-order valence-electron chi connectivity index (χ2n) is 4.65. The molecule has 0 aliphatic rings. The van der Waals surface area contributed by atoms with Crippen LogP contribution in [0.4, 0.5) is 5.69 Å². The standard InChI is InChI=1S/C14H12IN5O/c1-8-7-10(15)3-4-11(8)17-13(21)12-18-14-16-6-5-9(2)20(14)19-12/h3-7H,1-2H3,(H,17,21). The molecule has 0 unspecified atom stereocenters. The van der Waals surface area contributed by atoms with Gasteiger partial charge in [-0.2, -0.15) is 4.98 Å². The molecule has 0 radical (unpaired) electrons. The first-order valence-electron chi connectivity index (χ1n) is 6.30. The predicted octanol–water partition coefficient (Wildman–Crippen LogP) is 2.60. The van der Waals surface area contributed by atoms with Crippen molar-refractivity contribution in [1.29, 1.82) is 0 Å². The van der Waals surface area contributed by atoms with Crippen LogP contribution < -0.4 is 5.32 Å². The molecule has 1 N–H and O–H groups in total. The van der Waals surface area contributed by atoms with Gasteiger partial charge in [-0.25, -0.2) is 9.50 Å². The van der Waals surface area contributed by atoms with Crippen LogP contribution in [0.1, 0.15) is 21.9 Å². The highest BCUT2D eigenvalue weighted by Crippen LogP contribution is 2.18. The van der Waals surface area contributed by atoms with Crippen LogP contribution in [-0.2, 0) is 0 Å². The summed E-state index contributed by atoms with van der Waals surface area (Å²) in [4.78, 5) is 20.5. The monoisotopic (exact) mass is 393 g/mol. The highest BCUT2D eigenvalue weighted by molar-refractivity contribution is 14.1. The van der Waals surface area contributed by atoms with Crippen LogP contribution in [0.2, 0.25) is 0 Å². The van der Waals surface area contributed by atoms with Crippen molar-refractivity contribution in [3.05, 3.63) is 51.1 Å². The number of fused-ring (bicyclic) bond motifs is 1. The lowest BCUT2D eigenvalue weighted by Gasteiger charge is -2.06. The van der Waals surface area contributed by atoms with Crippen LogP contribution in [0.5, 0.6) is 0 Å². The first-order valence-corrected chi connectivity index (χ1v) is 7.38. The Balaban J connectivity index is 1.92. The number of nitrogens with one attached hydrogen (secondary N) is 1. The van der Waals surface area contributed by atoms with Crippen molar-refractivity contribution >= 4 is 40.0 Å². The Kier molecular flexibility index (Phi) is 3.58. The normalized spacial score (nSPS) is 10.8. The first kappa shape index (κ1) is 13.9. The molecule has 7 heteroatoms. The van der Waals surface area contributed by atoms with Crippen LogP contribution in [0, 0.1) is 17.4 Å². The van der Waals surface area contributed by atoms with E-state index in [1.165, 1.54) is 0 Å². The zero-order valence-corrected chi connectivity index (χ0v) is 13.6. The van der Waals surface area contributed by atoms with Gasteiger partial charge in [0.25, 0.3) is 11.7 Å². The molecule has 106 valence electrons. The van der Waals surface area contributed by atoms with Crippen LogP contribution in [0.25, 0.3) is 5.78 Å². The molecule has 2 heterocycles. The Morgan fingerprint density at radius 1 is 1.29 bits per heavy atom. The number of amides is 1. The van der Waals surface area contributed by atoms with Gasteiger partial charge in [0.2, 0.25) is 5.82 Å². The van der Waals surface area contributed by atoms with E-state index in [1.54, 1.807) is 10.7 Å². The van der Waals surface area contributed by atoms with Crippen molar-refractivity contribution < 1.29 is 4.79 Å². The Morgan fingerprint density at radius 2 is 2.10 bits per heavy atom. The zero-order valence-electron chi connectivity index (χ0n) is 11.5. The van der Waals surface area contributed by atoms with E-state index in [-0.39, 0.29) is 11.7 Å². The highest BCUT2D eigenvalue weighted by atomic mass is 127. The van der Waals surface area contributed by atoms with E-state index in [9.17, 15) is 4.79 Å². The van der Waals surface area contributed by atoms with E-state index < -0.39 is 0 Å². The lowest BCUT2D eigenvalue weighted by atomic mass is 10.2. The van der Waals surface area contributed by atoms with E-state index in [4.69, 9.17) is 0 Å². The lowest BCUT2D eigenvalue weighted by molar-refractivity contribution is 0.101. The summed E-state index contributed by atoms with van der Waals surface area (Å²) in [6, 6.07) is 7.62. The number of halogens is 1. The highest BCUT2D eigenvalue weighted by Gasteiger charge is 2.15. The summed E-state index contributed by atoms with van der Waals surface area (Å²) in [7, 11) is 0. The van der Waals surface area contributed by atoms with Crippen LogP contribution in [0.15, 0.2) is 30.5 Å². The molecule has 3 rings (SSSR count). The zero-order chi connectivity index (χ0) is 15.0. The van der Waals surface area contributed by atoms with Gasteiger partial charge in [-0.1, -0.05) is 0 Å². The minimum atomic E-state index is -0.343. The number of anilines is 1. The topological polar surface area (TPSA) is 72.2 Å². The van der Waals surface area contributed by atoms with Crippen molar-refractivity contribution in [3.63, 3.8) is 0 Å². The number of carbonyl (C=O) groups excluding carboxylic acids is 1. The molecule has 0 bridgehead atoms. The predicted molar refractivity (Wildman–Crippen MR) is 87.4 cm³/mol. The Hall–Kier alpha value is -2.03. The summed E-state index contributed by atoms with van der Waals surface area (Å²) in [6.07, 6.45) is 1.64. The number of hydrogen-bond acceptors (Lipinski definition) is 4. The Labute approximate surface area is 134 Å². The summed E-state index contributed by atoms with van der Waals surface area (Å²) >= 11 is 2.23. The molecule has 1 amide bonds. The number of rotatable bonds is 2. The van der Waals surface area contributed by atoms with Gasteiger partial charge >= 0.3 is 0 Å². The molecular formula is C14H12IN5O. The molecule has 3 aromatic rings. The summed E-state index contributed by atoms with van der Waals surface area (Å²) in [6.45, 7) is 3.83. The van der Waals surface area contributed by atoms with E-state index in [0.29, 0.717) is 5.78 Å². The molecule has 1 aromatic carbocycles. The van der Waals surface area contributed by atoms with Crippen LogP contribution >= 0.6 is 22.6 Å². The van der Waals surface area contributed by atoms with Gasteiger partial charge in [0, 0.05) is 21.1 Å². The minimum absolute atomic E-state index is 0.106. The second-order valence-corrected chi connectivity index (χ2v) is 5.89. The number of aryl methyl sites for hydroxylation is 2. The van der Waals surface area contributed by atoms with Gasteiger partial charge in [-0.3, -0.25) is 4.79 Å². The molecule has 0 spiro atoms. The van der Waals surface area contributed by atoms with Crippen LogP contribution in [0.3, 0.4) is 0 Å². The van der Waals surface area contributed by atoms with Gasteiger partial charge in [-0.05, 0) is 66.3 Å². The van der Waals surface area contributed by atoms with Crippen molar-refractivity contribution in [2.45, 2.75) is 13.8 Å². The smallest absolute Gasteiger partial charge is 0.295 e. The Morgan fingerprint density at radius 3 is 2.81 bits per heavy atom. The third-order valence-corrected chi connectivity index (χ3v) is 3.74. The third kappa shape index (κ3) is 2.73. The number of carbonyl (C=O) groups is 1. The van der Waals surface area contributed by atoms with Crippen molar-refractivity contribution in [1.82, 2.24) is 19.6 Å². The summed E-state index contributed by atoms with van der Waals surface area (Å²) < 4.78 is 2.67. The Bertz CT molecular complexity index is 842. The van der Waals surface area contributed by atoms with E-state index >= 15 is 0 Å². The second kappa shape index (κ2) is 5.40. The summed E-state index contributed by atoms with van der Waals surface area (Å²) in [5, 5.41) is 7.01. The number of hydrogen-bond donors (Lipinski definition) is 1. The maximum absolute atomic E-state index is 12.3. The molecule has 0 fully saturated rings. The van der Waals surface area contributed by atoms with Gasteiger partial charge in [0.05, 0.1) is 0 Å². The van der Waals surface area contributed by atoms with Crippen molar-refractivity contribution in [2.24, 2.45) is 0 Å². The molecule has 21 heavy (non-hydrogen) atoms. The molecule has 0 saturated heterocycles. The summed E-state index contributed by atoms with van der Waals surface area (Å²) in [5.41, 5.74) is 2.62. The van der Waals surface area contributed by atoms with Crippen molar-refractivity contribution in [2.75, 3.05) is 5.32 Å². The SMILES string of the molecule is Cc1cc(I)ccc1NC(=O)c1nc2nccc(C)n2n1. The summed E-state index contributed by atoms with van der Waals surface area (Å²) in [5.74, 6) is 0.179. The average molecular weight is 393 g/mol. The van der Waals surface area contributed by atoms with Gasteiger partial charge in [-0.15, -0.1) is 5.10 Å². The number of aromatic nitrogens is 4. The van der Waals surface area contributed by atoms with Crippen molar-refractivity contribution in [3.8, 4) is 0 Å². The molecular weight excluding hydrogens is 381 g/mol. The average Bonchev–Trinajstić information content (AvgIpc) is 2.87. The van der Waals surface area contributed by atoms with E-state index in [1.807, 2.05) is 38.1 Å². The third-order valence-electron chi connectivity index (χ3n) is 3.07. The van der Waals surface area contributed by atoms with Gasteiger partial charge in [0.15, 0.2) is 0 Å². The molecule has 0 aliphatic heterocycles. The maximum atomic E-state index is 12.3. The van der Waals surface area contributed by atoms with E-state index in [2.05, 4.69) is 43.0 Å². The largest absolute Gasteiger partial charge is 0.319 e. The minimum Gasteiger partial charge on any atom is -0.319 e. The van der Waals surface area contributed by atoms with Gasteiger partial charge in [0.1, 0.15) is 0 Å².